The van der Waals surface area contributed by atoms with E-state index < -0.39 is 0 Å². The third-order valence-corrected chi connectivity index (χ3v) is 3.45. The van der Waals surface area contributed by atoms with E-state index in [1.807, 2.05) is 18.2 Å². The number of nitrogen functional groups attached to an aromatic ring is 1. The number of nitrogens with zero attached hydrogens (tertiary/aromatic N) is 1. The molecule has 2 nitrogen and oxygen atoms in total. The van der Waals surface area contributed by atoms with E-state index in [2.05, 4.69) is 41.4 Å². The van der Waals surface area contributed by atoms with Crippen LogP contribution < -0.4 is 5.73 Å². The van der Waals surface area contributed by atoms with Crippen LogP contribution in [0.1, 0.15) is 19.5 Å². The molecule has 1 aromatic carbocycles. The molecule has 90 valence electrons. The van der Waals surface area contributed by atoms with Gasteiger partial charge in [-0.15, -0.1) is 0 Å². The van der Waals surface area contributed by atoms with Gasteiger partial charge >= 0.3 is 0 Å². The fourth-order valence-corrected chi connectivity index (χ4v) is 2.92. The number of halogens is 2. The molecule has 2 rings (SSSR count). The maximum atomic E-state index is 6.22. The molecule has 0 spiro atoms. The number of hydrogen-bond acceptors (Lipinski definition) is 2. The van der Waals surface area contributed by atoms with Crippen molar-refractivity contribution in [3.05, 3.63) is 32.5 Å². The molecule has 0 atom stereocenters. The molecule has 0 saturated heterocycles. The molecule has 0 amide bonds. The second-order valence-corrected chi connectivity index (χ2v) is 6.24. The summed E-state index contributed by atoms with van der Waals surface area (Å²) in [5.41, 5.74) is 8.64. The first-order valence-corrected chi connectivity index (χ1v) is 6.97. The molecule has 0 unspecified atom stereocenters. The molecule has 0 bridgehead atoms. The number of hydrogen-bond donors (Lipinski definition) is 1. The van der Waals surface area contributed by atoms with Gasteiger partial charge in [0, 0.05) is 20.3 Å². The van der Waals surface area contributed by atoms with Crippen molar-refractivity contribution in [2.45, 2.75) is 20.3 Å². The van der Waals surface area contributed by atoms with Crippen molar-refractivity contribution in [3.8, 4) is 0 Å². The summed E-state index contributed by atoms with van der Waals surface area (Å²) < 4.78 is 1.07. The smallest absolute Gasteiger partial charge is 0.0912 e. The third kappa shape index (κ3) is 2.83. The Balaban J connectivity index is 2.64. The van der Waals surface area contributed by atoms with Crippen LogP contribution in [0.25, 0.3) is 10.9 Å². The molecule has 0 aliphatic heterocycles. The number of aromatic nitrogens is 1. The summed E-state index contributed by atoms with van der Waals surface area (Å²) in [5.74, 6) is 0.557. The minimum atomic E-state index is 0.557. The summed E-state index contributed by atoms with van der Waals surface area (Å²) in [5, 5.41) is 1.61. The van der Waals surface area contributed by atoms with Crippen LogP contribution in [0.3, 0.4) is 0 Å². The van der Waals surface area contributed by atoms with E-state index in [1.54, 1.807) is 0 Å². The molecular weight excluding hydrogens is 347 g/mol. The monoisotopic (exact) mass is 360 g/mol. The maximum absolute atomic E-state index is 6.22. The Kier molecular flexibility index (Phi) is 3.78. The number of rotatable bonds is 2. The molecule has 0 fully saturated rings. The lowest BCUT2D eigenvalue weighted by atomic mass is 10.1. The standard InChI is InChI=1S/C13H14ClIN2/c1-7(2)3-9-6-12(16)10-4-8(15)5-11(14)13(10)17-9/h4-7H,3H2,1-2H3,(H2,16,17). The van der Waals surface area contributed by atoms with Gasteiger partial charge in [-0.3, -0.25) is 4.98 Å². The van der Waals surface area contributed by atoms with Crippen LogP contribution in [0, 0.1) is 9.49 Å². The van der Waals surface area contributed by atoms with Crippen molar-refractivity contribution in [2.24, 2.45) is 5.92 Å². The van der Waals surface area contributed by atoms with E-state index in [0.717, 1.165) is 32.3 Å². The molecule has 2 aromatic rings. The van der Waals surface area contributed by atoms with Crippen LogP contribution in [0.4, 0.5) is 5.69 Å². The first-order chi connectivity index (χ1) is 7.97. The van der Waals surface area contributed by atoms with E-state index in [1.165, 1.54) is 0 Å². The van der Waals surface area contributed by atoms with Crippen LogP contribution in [0.2, 0.25) is 5.02 Å². The van der Waals surface area contributed by atoms with Crippen LogP contribution in [0.5, 0.6) is 0 Å². The Hall–Kier alpha value is -0.550. The van der Waals surface area contributed by atoms with Gasteiger partial charge in [0.15, 0.2) is 0 Å². The predicted molar refractivity (Wildman–Crippen MR) is 82.4 cm³/mol. The Morgan fingerprint density at radius 1 is 1.35 bits per heavy atom. The summed E-state index contributed by atoms with van der Waals surface area (Å²) >= 11 is 8.45. The Bertz CT molecular complexity index is 567. The quantitative estimate of drug-likeness (QED) is 0.812. The molecule has 17 heavy (non-hydrogen) atoms. The first kappa shape index (κ1) is 12.9. The number of anilines is 1. The van der Waals surface area contributed by atoms with Crippen LogP contribution in [0.15, 0.2) is 18.2 Å². The largest absolute Gasteiger partial charge is 0.398 e. The van der Waals surface area contributed by atoms with Crippen molar-refractivity contribution in [1.82, 2.24) is 4.98 Å². The molecule has 0 aliphatic rings. The average molecular weight is 361 g/mol. The first-order valence-electron chi connectivity index (χ1n) is 5.51. The molecule has 0 radical (unpaired) electrons. The summed E-state index contributed by atoms with van der Waals surface area (Å²) in [4.78, 5) is 4.60. The molecule has 0 aliphatic carbocycles. The van der Waals surface area contributed by atoms with Crippen molar-refractivity contribution in [2.75, 3.05) is 5.73 Å². The fourth-order valence-electron chi connectivity index (χ4n) is 1.86. The van der Waals surface area contributed by atoms with E-state index in [4.69, 9.17) is 17.3 Å². The number of nitrogens with two attached hydrogens (primary N) is 1. The van der Waals surface area contributed by atoms with Gasteiger partial charge in [-0.05, 0) is 53.1 Å². The van der Waals surface area contributed by atoms with E-state index >= 15 is 0 Å². The van der Waals surface area contributed by atoms with Crippen molar-refractivity contribution in [1.29, 1.82) is 0 Å². The second-order valence-electron chi connectivity index (χ2n) is 4.58. The zero-order chi connectivity index (χ0) is 12.6. The van der Waals surface area contributed by atoms with Gasteiger partial charge in [0.05, 0.1) is 10.5 Å². The lowest BCUT2D eigenvalue weighted by Crippen LogP contribution is -2.00. The summed E-state index contributed by atoms with van der Waals surface area (Å²) in [6.45, 7) is 4.33. The maximum Gasteiger partial charge on any atom is 0.0912 e. The highest BCUT2D eigenvalue weighted by Gasteiger charge is 2.09. The van der Waals surface area contributed by atoms with Gasteiger partial charge in [0.25, 0.3) is 0 Å². The second kappa shape index (κ2) is 4.98. The van der Waals surface area contributed by atoms with Crippen molar-refractivity contribution in [3.63, 3.8) is 0 Å². The Labute approximate surface area is 120 Å². The van der Waals surface area contributed by atoms with Crippen LogP contribution in [-0.2, 0) is 6.42 Å². The number of benzene rings is 1. The number of fused-ring (bicyclic) bond motifs is 1. The van der Waals surface area contributed by atoms with Crippen LogP contribution >= 0.6 is 34.2 Å². The predicted octanol–water partition coefficient (Wildman–Crippen LogP) is 4.27. The molecular formula is C13H14ClIN2. The van der Waals surface area contributed by atoms with E-state index in [-0.39, 0.29) is 0 Å². The molecule has 1 heterocycles. The summed E-state index contributed by atoms with van der Waals surface area (Å²) in [7, 11) is 0. The normalized spacial score (nSPS) is 11.4. The molecule has 0 saturated carbocycles. The lowest BCUT2D eigenvalue weighted by molar-refractivity contribution is 0.637. The fraction of sp³-hybridized carbons (Fsp3) is 0.308. The van der Waals surface area contributed by atoms with Gasteiger partial charge < -0.3 is 5.73 Å². The zero-order valence-electron chi connectivity index (χ0n) is 9.80. The minimum absolute atomic E-state index is 0.557. The van der Waals surface area contributed by atoms with Gasteiger partial charge in [-0.1, -0.05) is 25.4 Å². The van der Waals surface area contributed by atoms with Crippen molar-refractivity contribution < 1.29 is 0 Å². The lowest BCUT2D eigenvalue weighted by Gasteiger charge is -2.09. The van der Waals surface area contributed by atoms with Crippen molar-refractivity contribution >= 4 is 50.8 Å². The summed E-state index contributed by atoms with van der Waals surface area (Å²) in [6, 6.07) is 5.88. The van der Waals surface area contributed by atoms with Gasteiger partial charge in [-0.2, -0.15) is 0 Å². The Morgan fingerprint density at radius 3 is 2.71 bits per heavy atom. The summed E-state index contributed by atoms with van der Waals surface area (Å²) in [6.07, 6.45) is 0.919. The molecule has 4 heteroatoms. The van der Waals surface area contributed by atoms with E-state index in [9.17, 15) is 0 Å². The zero-order valence-corrected chi connectivity index (χ0v) is 12.7. The van der Waals surface area contributed by atoms with Crippen LogP contribution in [-0.4, -0.2) is 4.98 Å². The molecule has 2 N–H and O–H groups in total. The highest BCUT2D eigenvalue weighted by atomic mass is 127. The molecule has 1 aromatic heterocycles. The van der Waals surface area contributed by atoms with Gasteiger partial charge in [0.1, 0.15) is 0 Å². The topological polar surface area (TPSA) is 38.9 Å². The average Bonchev–Trinajstić information content (AvgIpc) is 2.19. The highest BCUT2D eigenvalue weighted by Crippen LogP contribution is 2.29. The number of pyridine rings is 1. The van der Waals surface area contributed by atoms with Gasteiger partial charge in [0.2, 0.25) is 0 Å². The third-order valence-electron chi connectivity index (χ3n) is 2.53. The minimum Gasteiger partial charge on any atom is -0.398 e. The Morgan fingerprint density at radius 2 is 2.06 bits per heavy atom. The van der Waals surface area contributed by atoms with E-state index in [0.29, 0.717) is 10.9 Å². The highest BCUT2D eigenvalue weighted by molar-refractivity contribution is 14.1. The SMILES string of the molecule is CC(C)Cc1cc(N)c2cc(I)cc(Cl)c2n1. The van der Waals surface area contributed by atoms with Gasteiger partial charge in [-0.25, -0.2) is 0 Å².